The van der Waals surface area contributed by atoms with Crippen molar-refractivity contribution in [1.29, 1.82) is 0 Å². The number of anilines is 1. The number of para-hydroxylation sites is 1. The summed E-state index contributed by atoms with van der Waals surface area (Å²) in [6.45, 7) is 2.69. The van der Waals surface area contributed by atoms with Gasteiger partial charge in [0.25, 0.3) is 5.89 Å². The minimum Gasteiger partial charge on any atom is -0.397 e. The van der Waals surface area contributed by atoms with Crippen LogP contribution in [0.1, 0.15) is 25.6 Å². The molecule has 0 bridgehead atoms. The topological polar surface area (TPSA) is 74.2 Å². The molecule has 5 nitrogen and oxygen atoms in total. The normalized spacial score (nSPS) is 22.8. The smallest absolute Gasteiger partial charge is 0.260 e. The molecule has 2 N–H and O–H groups in total. The molecule has 1 saturated heterocycles. The number of nitrogens with zero attached hydrogens (tertiary/aromatic N) is 2. The number of hydrogen-bond donors (Lipinski definition) is 1. The van der Waals surface area contributed by atoms with Crippen LogP contribution in [0.2, 0.25) is 5.02 Å². The minimum absolute atomic E-state index is 0.367. The van der Waals surface area contributed by atoms with E-state index in [1.54, 1.807) is 18.2 Å². The van der Waals surface area contributed by atoms with Crippen LogP contribution < -0.4 is 5.73 Å². The molecule has 0 aliphatic carbocycles. The number of halogens is 1. The molecule has 0 radical (unpaired) electrons. The van der Waals surface area contributed by atoms with Crippen molar-refractivity contribution in [2.24, 2.45) is 0 Å². The Bertz CT molecular complexity index is 606. The van der Waals surface area contributed by atoms with Gasteiger partial charge in [0.15, 0.2) is 0 Å². The highest BCUT2D eigenvalue weighted by Crippen LogP contribution is 2.36. The van der Waals surface area contributed by atoms with Gasteiger partial charge in [-0.3, -0.25) is 0 Å². The van der Waals surface area contributed by atoms with Crippen LogP contribution in [0.3, 0.4) is 0 Å². The van der Waals surface area contributed by atoms with E-state index in [9.17, 15) is 0 Å². The van der Waals surface area contributed by atoms with Gasteiger partial charge in [0.05, 0.1) is 16.3 Å². The Kier molecular flexibility index (Phi) is 2.95. The van der Waals surface area contributed by atoms with Crippen molar-refractivity contribution >= 4 is 17.3 Å². The highest BCUT2D eigenvalue weighted by molar-refractivity contribution is 6.33. The predicted molar refractivity (Wildman–Crippen MR) is 71.7 cm³/mol. The number of nitrogen functional groups attached to an aromatic ring is 1. The summed E-state index contributed by atoms with van der Waals surface area (Å²) in [5, 5.41) is 4.48. The third kappa shape index (κ3) is 2.09. The minimum atomic E-state index is -0.463. The van der Waals surface area contributed by atoms with Crippen molar-refractivity contribution in [2.75, 3.05) is 12.3 Å². The van der Waals surface area contributed by atoms with Crippen LogP contribution in [0.4, 0.5) is 5.69 Å². The molecule has 0 saturated carbocycles. The Hall–Kier alpha value is -1.59. The lowest BCUT2D eigenvalue weighted by atomic mass is 10.0. The summed E-state index contributed by atoms with van der Waals surface area (Å²) in [5.41, 5.74) is 6.54. The zero-order chi connectivity index (χ0) is 13.5. The standard InChI is InChI=1S/C13H14ClN3O2/c1-13(6-3-7-18-13)12-16-11(19-17-12)8-4-2-5-9(14)10(8)15/h2,4-5H,3,6-7,15H2,1H3. The summed E-state index contributed by atoms with van der Waals surface area (Å²) in [5.74, 6) is 0.922. The van der Waals surface area contributed by atoms with Gasteiger partial charge in [0.2, 0.25) is 5.82 Å². The summed E-state index contributed by atoms with van der Waals surface area (Å²) < 4.78 is 11.0. The van der Waals surface area contributed by atoms with Gasteiger partial charge >= 0.3 is 0 Å². The summed E-state index contributed by atoms with van der Waals surface area (Å²) in [6, 6.07) is 5.32. The molecule has 6 heteroatoms. The molecule has 2 aromatic rings. The molecule has 1 fully saturated rings. The molecule has 1 aromatic carbocycles. The van der Waals surface area contributed by atoms with Crippen LogP contribution in [0, 0.1) is 0 Å². The molecule has 1 unspecified atom stereocenters. The molecular formula is C13H14ClN3O2. The second-order valence-electron chi connectivity index (χ2n) is 4.81. The van der Waals surface area contributed by atoms with Gasteiger partial charge in [0.1, 0.15) is 5.60 Å². The molecule has 100 valence electrons. The Balaban J connectivity index is 1.99. The third-order valence-corrected chi connectivity index (χ3v) is 3.73. The van der Waals surface area contributed by atoms with E-state index in [0.717, 1.165) is 19.4 Å². The monoisotopic (exact) mass is 279 g/mol. The zero-order valence-corrected chi connectivity index (χ0v) is 11.3. The van der Waals surface area contributed by atoms with Crippen molar-refractivity contribution in [1.82, 2.24) is 10.1 Å². The van der Waals surface area contributed by atoms with Gasteiger partial charge in [-0.05, 0) is 31.9 Å². The average Bonchev–Trinajstić information content (AvgIpc) is 3.02. The molecule has 1 atom stereocenters. The van der Waals surface area contributed by atoms with Crippen molar-refractivity contribution in [3.63, 3.8) is 0 Å². The molecule has 19 heavy (non-hydrogen) atoms. The van der Waals surface area contributed by atoms with Crippen molar-refractivity contribution in [2.45, 2.75) is 25.4 Å². The van der Waals surface area contributed by atoms with E-state index in [1.807, 2.05) is 6.92 Å². The third-order valence-electron chi connectivity index (χ3n) is 3.40. The number of aromatic nitrogens is 2. The molecule has 1 aromatic heterocycles. The first-order valence-electron chi connectivity index (χ1n) is 6.13. The SMILES string of the molecule is CC1(c2noc(-c3cccc(Cl)c3N)n2)CCCO1. The van der Waals surface area contributed by atoms with Crippen LogP contribution in [0.15, 0.2) is 22.7 Å². The van der Waals surface area contributed by atoms with E-state index < -0.39 is 5.60 Å². The van der Waals surface area contributed by atoms with Crippen molar-refractivity contribution < 1.29 is 9.26 Å². The summed E-state index contributed by atoms with van der Waals surface area (Å²) in [4.78, 5) is 4.39. The number of ether oxygens (including phenoxy) is 1. The fourth-order valence-corrected chi connectivity index (χ4v) is 2.40. The van der Waals surface area contributed by atoms with Gasteiger partial charge in [0, 0.05) is 6.61 Å². The van der Waals surface area contributed by atoms with Gasteiger partial charge in [-0.1, -0.05) is 22.8 Å². The van der Waals surface area contributed by atoms with Crippen molar-refractivity contribution in [3.05, 3.63) is 29.0 Å². The van der Waals surface area contributed by atoms with Crippen LogP contribution in [-0.2, 0) is 10.3 Å². The maximum absolute atomic E-state index is 5.99. The number of rotatable bonds is 2. The highest BCUT2D eigenvalue weighted by Gasteiger charge is 2.36. The Morgan fingerprint density at radius 1 is 1.42 bits per heavy atom. The van der Waals surface area contributed by atoms with E-state index in [4.69, 9.17) is 26.6 Å². The lowest BCUT2D eigenvalue weighted by Crippen LogP contribution is -2.21. The first-order chi connectivity index (χ1) is 9.10. The molecule has 0 spiro atoms. The van der Waals surface area contributed by atoms with E-state index in [-0.39, 0.29) is 0 Å². The molecule has 2 heterocycles. The second-order valence-corrected chi connectivity index (χ2v) is 5.21. The van der Waals surface area contributed by atoms with E-state index >= 15 is 0 Å². The van der Waals surface area contributed by atoms with E-state index in [0.29, 0.717) is 28.0 Å². The largest absolute Gasteiger partial charge is 0.397 e. The zero-order valence-electron chi connectivity index (χ0n) is 10.5. The fourth-order valence-electron chi connectivity index (χ4n) is 2.23. The molecule has 1 aliphatic rings. The molecule has 1 aliphatic heterocycles. The number of nitrogens with two attached hydrogens (primary N) is 1. The van der Waals surface area contributed by atoms with E-state index in [1.165, 1.54) is 0 Å². The van der Waals surface area contributed by atoms with Crippen LogP contribution in [0.5, 0.6) is 0 Å². The summed E-state index contributed by atoms with van der Waals surface area (Å²) in [7, 11) is 0. The lowest BCUT2D eigenvalue weighted by Gasteiger charge is -2.17. The molecule has 3 rings (SSSR count). The van der Waals surface area contributed by atoms with Crippen LogP contribution in [0.25, 0.3) is 11.5 Å². The fraction of sp³-hybridized carbons (Fsp3) is 0.385. The highest BCUT2D eigenvalue weighted by atomic mass is 35.5. The second kappa shape index (κ2) is 4.51. The molecular weight excluding hydrogens is 266 g/mol. The number of hydrogen-bond acceptors (Lipinski definition) is 5. The maximum Gasteiger partial charge on any atom is 0.260 e. The molecule has 0 amide bonds. The number of benzene rings is 1. The van der Waals surface area contributed by atoms with Gasteiger partial charge < -0.3 is 15.0 Å². The Morgan fingerprint density at radius 2 is 2.26 bits per heavy atom. The van der Waals surface area contributed by atoms with Crippen LogP contribution in [-0.4, -0.2) is 16.7 Å². The van der Waals surface area contributed by atoms with Gasteiger partial charge in [-0.2, -0.15) is 4.98 Å². The summed E-state index contributed by atoms with van der Waals surface area (Å²) in [6.07, 6.45) is 1.89. The first-order valence-corrected chi connectivity index (χ1v) is 6.50. The van der Waals surface area contributed by atoms with Gasteiger partial charge in [-0.25, -0.2) is 0 Å². The lowest BCUT2D eigenvalue weighted by molar-refractivity contribution is 0.00768. The quantitative estimate of drug-likeness (QED) is 0.856. The van der Waals surface area contributed by atoms with E-state index in [2.05, 4.69) is 10.1 Å². The predicted octanol–water partition coefficient (Wildman–Crippen LogP) is 3.00. The Morgan fingerprint density at radius 3 is 3.00 bits per heavy atom. The maximum atomic E-state index is 5.99. The average molecular weight is 280 g/mol. The van der Waals surface area contributed by atoms with Gasteiger partial charge in [-0.15, -0.1) is 0 Å². The summed E-state index contributed by atoms with van der Waals surface area (Å²) >= 11 is 5.99. The Labute approximate surface area is 115 Å². The first kappa shape index (κ1) is 12.4. The van der Waals surface area contributed by atoms with Crippen LogP contribution >= 0.6 is 11.6 Å². The van der Waals surface area contributed by atoms with Crippen molar-refractivity contribution in [3.8, 4) is 11.5 Å².